The predicted molar refractivity (Wildman–Crippen MR) is 62.7 cm³/mol. The van der Waals surface area contributed by atoms with Crippen molar-refractivity contribution in [2.75, 3.05) is 13.2 Å². The minimum atomic E-state index is -0.0567. The Hall–Kier alpha value is -0.680. The van der Waals surface area contributed by atoms with E-state index in [9.17, 15) is 4.79 Å². The highest BCUT2D eigenvalue weighted by atomic mass is 79.9. The number of aromatic amines is 1. The Morgan fingerprint density at radius 2 is 2.12 bits per heavy atom. The van der Waals surface area contributed by atoms with Gasteiger partial charge in [0.05, 0.1) is 12.3 Å². The molecule has 1 atom stereocenters. The number of nitrogens with zero attached hydrogens (tertiary/aromatic N) is 1. The Bertz CT molecular complexity index is 462. The van der Waals surface area contributed by atoms with Crippen LogP contribution in [0.1, 0.15) is 42.6 Å². The zero-order chi connectivity index (χ0) is 11.1. The lowest BCUT2D eigenvalue weighted by molar-refractivity contribution is 0.193. The number of rotatable bonds is 2. The van der Waals surface area contributed by atoms with Crippen molar-refractivity contribution in [3.05, 3.63) is 26.3 Å². The van der Waals surface area contributed by atoms with Crippen LogP contribution in [-0.4, -0.2) is 23.2 Å². The number of ether oxygens (including phenoxy) is 1. The molecule has 0 amide bonds. The summed E-state index contributed by atoms with van der Waals surface area (Å²) in [5.41, 5.74) is 0.879. The van der Waals surface area contributed by atoms with Gasteiger partial charge in [0.2, 0.25) is 0 Å². The number of H-pyrrole nitrogens is 1. The zero-order valence-electron chi connectivity index (χ0n) is 8.83. The van der Waals surface area contributed by atoms with Crippen molar-refractivity contribution in [2.24, 2.45) is 0 Å². The third-order valence-corrected chi connectivity index (χ3v) is 3.95. The highest BCUT2D eigenvalue weighted by Crippen LogP contribution is 2.41. The van der Waals surface area contributed by atoms with E-state index >= 15 is 0 Å². The van der Waals surface area contributed by atoms with Crippen molar-refractivity contribution in [3.8, 4) is 0 Å². The van der Waals surface area contributed by atoms with Gasteiger partial charge in [0.25, 0.3) is 5.56 Å². The summed E-state index contributed by atoms with van der Waals surface area (Å²) in [7, 11) is 0. The Balaban J connectivity index is 2.02. The summed E-state index contributed by atoms with van der Waals surface area (Å²) in [5.74, 6) is 1.55. The Labute approximate surface area is 102 Å². The second kappa shape index (κ2) is 3.96. The molecule has 16 heavy (non-hydrogen) atoms. The van der Waals surface area contributed by atoms with Crippen LogP contribution in [0.2, 0.25) is 0 Å². The van der Waals surface area contributed by atoms with Crippen molar-refractivity contribution in [1.29, 1.82) is 0 Å². The maximum atomic E-state index is 11.8. The lowest BCUT2D eigenvalue weighted by Crippen LogP contribution is -2.18. The quantitative estimate of drug-likeness (QED) is 0.903. The van der Waals surface area contributed by atoms with Gasteiger partial charge < -0.3 is 9.72 Å². The van der Waals surface area contributed by atoms with E-state index < -0.39 is 0 Å². The minimum absolute atomic E-state index is 0.0567. The summed E-state index contributed by atoms with van der Waals surface area (Å²) in [6, 6.07) is 0. The van der Waals surface area contributed by atoms with Crippen LogP contribution in [0.15, 0.2) is 9.27 Å². The smallest absolute Gasteiger partial charge is 0.265 e. The van der Waals surface area contributed by atoms with Gasteiger partial charge in [-0.3, -0.25) is 4.79 Å². The SMILES string of the molecule is O=c1[nH]c(C2CCOC2)nc(C2CC2)c1Br. The normalized spacial score (nSPS) is 24.9. The van der Waals surface area contributed by atoms with E-state index in [4.69, 9.17) is 4.74 Å². The highest BCUT2D eigenvalue weighted by Gasteiger charge is 2.30. The second-order valence-electron chi connectivity index (χ2n) is 4.49. The van der Waals surface area contributed by atoms with Gasteiger partial charge in [-0.2, -0.15) is 0 Å². The monoisotopic (exact) mass is 284 g/mol. The maximum Gasteiger partial charge on any atom is 0.265 e. The van der Waals surface area contributed by atoms with E-state index in [1.807, 2.05) is 0 Å². The van der Waals surface area contributed by atoms with Gasteiger partial charge in [0, 0.05) is 18.4 Å². The third-order valence-electron chi connectivity index (χ3n) is 3.19. The Morgan fingerprint density at radius 3 is 2.75 bits per heavy atom. The second-order valence-corrected chi connectivity index (χ2v) is 5.28. The largest absolute Gasteiger partial charge is 0.381 e. The lowest BCUT2D eigenvalue weighted by Gasteiger charge is -2.09. The first-order valence-corrected chi connectivity index (χ1v) is 6.42. The molecule has 2 aliphatic rings. The van der Waals surface area contributed by atoms with E-state index in [2.05, 4.69) is 25.9 Å². The standard InChI is InChI=1S/C11H13BrN2O2/c12-8-9(6-1-2-6)13-10(14-11(8)15)7-3-4-16-5-7/h6-7H,1-5H2,(H,13,14,15). The molecule has 0 aromatic carbocycles. The van der Waals surface area contributed by atoms with Crippen LogP contribution in [0, 0.1) is 0 Å². The molecule has 1 aliphatic carbocycles. The van der Waals surface area contributed by atoms with Gasteiger partial charge in [-0.05, 0) is 35.2 Å². The van der Waals surface area contributed by atoms with Crippen LogP contribution in [0.25, 0.3) is 0 Å². The molecule has 1 saturated carbocycles. The number of hydrogen-bond donors (Lipinski definition) is 1. The molecule has 1 aromatic heterocycles. The van der Waals surface area contributed by atoms with Crippen molar-refractivity contribution in [2.45, 2.75) is 31.1 Å². The molecule has 1 saturated heterocycles. The first kappa shape index (κ1) is 10.5. The summed E-state index contributed by atoms with van der Waals surface area (Å²) in [5, 5.41) is 0. The van der Waals surface area contributed by atoms with E-state index in [0.717, 1.165) is 37.4 Å². The molecule has 1 aromatic rings. The molecule has 5 heteroatoms. The van der Waals surface area contributed by atoms with Crippen molar-refractivity contribution < 1.29 is 4.74 Å². The van der Waals surface area contributed by atoms with Gasteiger partial charge in [0.1, 0.15) is 10.3 Å². The number of halogens is 1. The molecule has 0 spiro atoms. The first-order chi connectivity index (χ1) is 7.75. The maximum absolute atomic E-state index is 11.8. The van der Waals surface area contributed by atoms with Crippen LogP contribution >= 0.6 is 15.9 Å². The fourth-order valence-electron chi connectivity index (χ4n) is 2.07. The predicted octanol–water partition coefficient (Wildman–Crippen LogP) is 1.91. The average molecular weight is 285 g/mol. The fraction of sp³-hybridized carbons (Fsp3) is 0.636. The molecular weight excluding hydrogens is 272 g/mol. The van der Waals surface area contributed by atoms with Crippen LogP contribution in [0.4, 0.5) is 0 Å². The van der Waals surface area contributed by atoms with E-state index in [-0.39, 0.29) is 11.5 Å². The molecule has 1 unspecified atom stereocenters. The topological polar surface area (TPSA) is 55.0 Å². The van der Waals surface area contributed by atoms with Gasteiger partial charge in [-0.1, -0.05) is 0 Å². The molecule has 2 fully saturated rings. The molecule has 86 valence electrons. The number of hydrogen-bond acceptors (Lipinski definition) is 3. The zero-order valence-corrected chi connectivity index (χ0v) is 10.4. The fourth-order valence-corrected chi connectivity index (χ4v) is 2.58. The van der Waals surface area contributed by atoms with Crippen LogP contribution < -0.4 is 5.56 Å². The molecular formula is C11H13BrN2O2. The summed E-state index contributed by atoms with van der Waals surface area (Å²) in [6.07, 6.45) is 3.25. The molecule has 3 rings (SSSR count). The number of nitrogens with one attached hydrogen (secondary N) is 1. The van der Waals surface area contributed by atoms with Crippen molar-refractivity contribution >= 4 is 15.9 Å². The average Bonchev–Trinajstić information content (AvgIpc) is 2.96. The van der Waals surface area contributed by atoms with E-state index in [1.54, 1.807) is 0 Å². The minimum Gasteiger partial charge on any atom is -0.381 e. The summed E-state index contributed by atoms with van der Waals surface area (Å²) < 4.78 is 5.93. The van der Waals surface area contributed by atoms with Crippen LogP contribution in [0.3, 0.4) is 0 Å². The van der Waals surface area contributed by atoms with Gasteiger partial charge in [-0.25, -0.2) is 4.98 Å². The van der Waals surface area contributed by atoms with Gasteiger partial charge >= 0.3 is 0 Å². The molecule has 4 nitrogen and oxygen atoms in total. The summed E-state index contributed by atoms with van der Waals surface area (Å²) in [6.45, 7) is 1.44. The molecule has 2 heterocycles. The molecule has 1 aliphatic heterocycles. The van der Waals surface area contributed by atoms with E-state index in [1.165, 1.54) is 0 Å². The summed E-state index contributed by atoms with van der Waals surface area (Å²) in [4.78, 5) is 19.2. The Morgan fingerprint density at radius 1 is 1.31 bits per heavy atom. The van der Waals surface area contributed by atoms with E-state index in [0.29, 0.717) is 17.0 Å². The molecule has 0 radical (unpaired) electrons. The first-order valence-electron chi connectivity index (χ1n) is 5.63. The highest BCUT2D eigenvalue weighted by molar-refractivity contribution is 9.10. The van der Waals surface area contributed by atoms with Gasteiger partial charge in [-0.15, -0.1) is 0 Å². The third kappa shape index (κ3) is 1.82. The van der Waals surface area contributed by atoms with Gasteiger partial charge in [0.15, 0.2) is 0 Å². The van der Waals surface area contributed by atoms with Crippen molar-refractivity contribution in [1.82, 2.24) is 9.97 Å². The Kier molecular flexibility index (Phi) is 2.59. The molecule has 0 bridgehead atoms. The van der Waals surface area contributed by atoms with Crippen LogP contribution in [-0.2, 0) is 4.74 Å². The number of aromatic nitrogens is 2. The lowest BCUT2D eigenvalue weighted by atomic mass is 10.1. The van der Waals surface area contributed by atoms with Crippen molar-refractivity contribution in [3.63, 3.8) is 0 Å². The summed E-state index contributed by atoms with van der Waals surface area (Å²) >= 11 is 3.33. The van der Waals surface area contributed by atoms with Crippen LogP contribution in [0.5, 0.6) is 0 Å². The molecule has 1 N–H and O–H groups in total.